The van der Waals surface area contributed by atoms with Crippen LogP contribution in [0.25, 0.3) is 22.0 Å². The first-order valence-electron chi connectivity index (χ1n) is 11.4. The number of carboxylic acids is 1. The Kier molecular flexibility index (Phi) is 6.45. The Morgan fingerprint density at radius 3 is 2.20 bits per heavy atom. The van der Waals surface area contributed by atoms with Gasteiger partial charge in [-0.05, 0) is 90.4 Å². The number of hydrogen-bond donors (Lipinski definition) is 1. The third kappa shape index (κ3) is 4.94. The second-order valence-electron chi connectivity index (χ2n) is 9.42. The van der Waals surface area contributed by atoms with Gasteiger partial charge in [0.15, 0.2) is 0 Å². The average Bonchev–Trinajstić information content (AvgIpc) is 3.18. The van der Waals surface area contributed by atoms with Gasteiger partial charge in [0, 0.05) is 5.39 Å². The number of alkyl halides is 3. The number of halogens is 3. The van der Waals surface area contributed by atoms with Gasteiger partial charge in [-0.25, -0.2) is 4.79 Å². The van der Waals surface area contributed by atoms with Crippen molar-refractivity contribution in [3.63, 3.8) is 0 Å². The SMILES string of the molecule is Cc1cc(C(F)(F)F)ccc1-c1cc2cnn([C@@H](CC(C)C)c3ccc(C(=O)O)cc3)c2cc1C. The van der Waals surface area contributed by atoms with Crippen LogP contribution in [0.2, 0.25) is 0 Å². The van der Waals surface area contributed by atoms with Crippen molar-refractivity contribution in [3.05, 3.63) is 88.6 Å². The Morgan fingerprint density at radius 2 is 1.63 bits per heavy atom. The highest BCUT2D eigenvalue weighted by atomic mass is 19.4. The number of aryl methyl sites for hydroxylation is 2. The molecule has 0 aliphatic rings. The molecular weight excluding hydrogens is 453 g/mol. The molecule has 0 aliphatic carbocycles. The zero-order valence-corrected chi connectivity index (χ0v) is 20.0. The molecule has 1 atom stereocenters. The third-order valence-electron chi connectivity index (χ3n) is 6.32. The van der Waals surface area contributed by atoms with Crippen molar-refractivity contribution in [2.24, 2.45) is 5.92 Å². The highest BCUT2D eigenvalue weighted by Gasteiger charge is 2.30. The minimum Gasteiger partial charge on any atom is -0.478 e. The molecule has 0 saturated carbocycles. The van der Waals surface area contributed by atoms with E-state index in [2.05, 4.69) is 18.9 Å². The maximum atomic E-state index is 13.1. The average molecular weight is 481 g/mol. The van der Waals surface area contributed by atoms with Crippen LogP contribution in [0.15, 0.2) is 60.8 Å². The van der Waals surface area contributed by atoms with Crippen LogP contribution in [-0.4, -0.2) is 20.9 Å². The van der Waals surface area contributed by atoms with Gasteiger partial charge < -0.3 is 5.11 Å². The lowest BCUT2D eigenvalue weighted by Gasteiger charge is -2.22. The lowest BCUT2D eigenvalue weighted by atomic mass is 9.93. The summed E-state index contributed by atoms with van der Waals surface area (Å²) in [6.07, 6.45) is -1.80. The Balaban J connectivity index is 1.79. The molecule has 4 rings (SSSR count). The van der Waals surface area contributed by atoms with Crippen LogP contribution in [0.5, 0.6) is 0 Å². The second-order valence-corrected chi connectivity index (χ2v) is 9.42. The Bertz CT molecular complexity index is 1390. The second kappa shape index (κ2) is 9.21. The monoisotopic (exact) mass is 480 g/mol. The summed E-state index contributed by atoms with van der Waals surface area (Å²) in [5.41, 5.74) is 4.59. The smallest absolute Gasteiger partial charge is 0.416 e. The van der Waals surface area contributed by atoms with Crippen molar-refractivity contribution < 1.29 is 23.1 Å². The molecule has 0 fully saturated rings. The van der Waals surface area contributed by atoms with E-state index < -0.39 is 17.7 Å². The van der Waals surface area contributed by atoms with Gasteiger partial charge in [0.2, 0.25) is 0 Å². The van der Waals surface area contributed by atoms with Gasteiger partial charge in [-0.3, -0.25) is 4.68 Å². The first kappa shape index (κ1) is 24.5. The number of aromatic nitrogens is 2. The first-order chi connectivity index (χ1) is 16.5. The van der Waals surface area contributed by atoms with Crippen LogP contribution in [-0.2, 0) is 6.18 Å². The third-order valence-corrected chi connectivity index (χ3v) is 6.32. The minimum absolute atomic E-state index is 0.0894. The summed E-state index contributed by atoms with van der Waals surface area (Å²) in [5, 5.41) is 14.8. The van der Waals surface area contributed by atoms with Crippen molar-refractivity contribution in [1.82, 2.24) is 9.78 Å². The molecule has 0 spiro atoms. The fourth-order valence-electron chi connectivity index (χ4n) is 4.55. The number of carboxylic acid groups (broad SMARTS) is 1. The maximum absolute atomic E-state index is 13.1. The molecular formula is C28H27F3N2O2. The molecule has 3 aromatic carbocycles. The summed E-state index contributed by atoms with van der Waals surface area (Å²) in [5.74, 6) is -0.600. The molecule has 7 heteroatoms. The normalized spacial score (nSPS) is 12.9. The Labute approximate surface area is 202 Å². The molecule has 1 heterocycles. The summed E-state index contributed by atoms with van der Waals surface area (Å²) < 4.78 is 41.3. The number of benzene rings is 3. The van der Waals surface area contributed by atoms with E-state index in [0.29, 0.717) is 11.5 Å². The predicted molar refractivity (Wildman–Crippen MR) is 131 cm³/mol. The Morgan fingerprint density at radius 1 is 0.971 bits per heavy atom. The summed E-state index contributed by atoms with van der Waals surface area (Å²) in [6.45, 7) is 7.89. The number of fused-ring (bicyclic) bond motifs is 1. The van der Waals surface area contributed by atoms with E-state index in [-0.39, 0.29) is 11.6 Å². The molecule has 4 nitrogen and oxygen atoms in total. The molecule has 1 N–H and O–H groups in total. The van der Waals surface area contributed by atoms with E-state index in [1.54, 1.807) is 25.3 Å². The quantitative estimate of drug-likeness (QED) is 0.308. The van der Waals surface area contributed by atoms with E-state index in [1.165, 1.54) is 12.1 Å². The number of hydrogen-bond acceptors (Lipinski definition) is 2. The molecule has 0 aliphatic heterocycles. The molecule has 4 aromatic rings. The van der Waals surface area contributed by atoms with Crippen molar-refractivity contribution in [3.8, 4) is 11.1 Å². The molecule has 0 amide bonds. The van der Waals surface area contributed by atoms with Gasteiger partial charge in [-0.15, -0.1) is 0 Å². The maximum Gasteiger partial charge on any atom is 0.416 e. The van der Waals surface area contributed by atoms with Gasteiger partial charge in [0.25, 0.3) is 0 Å². The van der Waals surface area contributed by atoms with E-state index >= 15 is 0 Å². The zero-order valence-electron chi connectivity index (χ0n) is 20.0. The predicted octanol–water partition coefficient (Wildman–Crippen LogP) is 7.67. The van der Waals surface area contributed by atoms with Crippen molar-refractivity contribution in [2.75, 3.05) is 0 Å². The summed E-state index contributed by atoms with van der Waals surface area (Å²) in [7, 11) is 0. The van der Waals surface area contributed by atoms with Crippen molar-refractivity contribution >= 4 is 16.9 Å². The topological polar surface area (TPSA) is 55.1 Å². The molecule has 0 saturated heterocycles. The summed E-state index contributed by atoms with van der Waals surface area (Å²) in [6, 6.07) is 14.6. The fourth-order valence-corrected chi connectivity index (χ4v) is 4.55. The highest BCUT2D eigenvalue weighted by molar-refractivity contribution is 5.88. The fraction of sp³-hybridized carbons (Fsp3) is 0.286. The zero-order chi connectivity index (χ0) is 25.5. The first-order valence-corrected chi connectivity index (χ1v) is 11.4. The number of carbonyl (C=O) groups is 1. The van der Waals surface area contributed by atoms with Gasteiger partial charge in [-0.2, -0.15) is 18.3 Å². The van der Waals surface area contributed by atoms with Gasteiger partial charge in [0.1, 0.15) is 0 Å². The van der Waals surface area contributed by atoms with Gasteiger partial charge in [0.05, 0.1) is 28.9 Å². The van der Waals surface area contributed by atoms with Crippen LogP contribution in [0, 0.1) is 19.8 Å². The van der Waals surface area contributed by atoms with Crippen molar-refractivity contribution in [2.45, 2.75) is 46.3 Å². The largest absolute Gasteiger partial charge is 0.478 e. The van der Waals surface area contributed by atoms with Gasteiger partial charge in [-0.1, -0.05) is 32.0 Å². The lowest BCUT2D eigenvalue weighted by Crippen LogP contribution is -2.15. The van der Waals surface area contributed by atoms with Crippen LogP contribution >= 0.6 is 0 Å². The summed E-state index contributed by atoms with van der Waals surface area (Å²) >= 11 is 0. The highest BCUT2D eigenvalue weighted by Crippen LogP contribution is 2.37. The van der Waals surface area contributed by atoms with E-state index in [1.807, 2.05) is 35.9 Å². The van der Waals surface area contributed by atoms with E-state index in [4.69, 9.17) is 0 Å². The minimum atomic E-state index is -4.38. The van der Waals surface area contributed by atoms with Crippen molar-refractivity contribution in [1.29, 1.82) is 0 Å². The molecule has 1 aromatic heterocycles. The molecule has 0 bridgehead atoms. The number of nitrogens with zero attached hydrogens (tertiary/aromatic N) is 2. The molecule has 35 heavy (non-hydrogen) atoms. The Hall–Kier alpha value is -3.61. The van der Waals surface area contributed by atoms with Gasteiger partial charge >= 0.3 is 12.1 Å². The summed E-state index contributed by atoms with van der Waals surface area (Å²) in [4.78, 5) is 11.3. The number of aromatic carboxylic acids is 1. The number of rotatable bonds is 6. The standard InChI is InChI=1S/C28H27F3N2O2/c1-16(2)11-25(19-5-7-20(8-6-19)27(34)35)33-26-13-18(4)24(14-21(26)15-32-33)23-10-9-22(12-17(23)3)28(29,30)31/h5-10,12-16,25H,11H2,1-4H3,(H,34,35)/t25-/m0/s1. The molecule has 0 radical (unpaired) electrons. The van der Waals surface area contributed by atoms with Crippen LogP contribution in [0.4, 0.5) is 13.2 Å². The van der Waals surface area contributed by atoms with Crippen LogP contribution < -0.4 is 0 Å². The van der Waals surface area contributed by atoms with E-state index in [9.17, 15) is 23.1 Å². The lowest BCUT2D eigenvalue weighted by molar-refractivity contribution is -0.137. The molecule has 0 unspecified atom stereocenters. The van der Waals surface area contributed by atoms with E-state index in [0.717, 1.165) is 45.6 Å². The van der Waals surface area contributed by atoms with Crippen LogP contribution in [0.3, 0.4) is 0 Å². The van der Waals surface area contributed by atoms with Crippen LogP contribution in [0.1, 0.15) is 58.9 Å². The molecule has 182 valence electrons.